The van der Waals surface area contributed by atoms with Crippen LogP contribution < -0.4 is 4.98 Å². The molecule has 1 atom stereocenters. The van der Waals surface area contributed by atoms with Crippen molar-refractivity contribution in [3.8, 4) is 0 Å². The number of hydrogen-bond donors (Lipinski definition) is 1. The maximum atomic E-state index is 4.03. The Morgan fingerprint density at radius 2 is 1.45 bits per heavy atom. The first-order valence-electron chi connectivity index (χ1n) is 7.75. The van der Waals surface area contributed by atoms with Crippen molar-refractivity contribution in [1.82, 2.24) is 4.98 Å². The van der Waals surface area contributed by atoms with E-state index in [-0.39, 0.29) is 5.54 Å². The molecule has 1 rings (SSSR count). The van der Waals surface area contributed by atoms with Gasteiger partial charge in [-0.05, 0) is 0 Å². The molecule has 0 spiro atoms. The molecule has 1 aliphatic carbocycles. The van der Waals surface area contributed by atoms with Crippen LogP contribution in [0, 0.1) is 0 Å². The molecule has 0 aromatic carbocycles. The van der Waals surface area contributed by atoms with Crippen molar-refractivity contribution in [2.24, 2.45) is 0 Å². The first kappa shape index (κ1) is 18.4. The second-order valence-corrected chi connectivity index (χ2v) is 16.8. The van der Waals surface area contributed by atoms with Crippen LogP contribution in [-0.4, -0.2) is 13.8 Å². The Kier molecular flexibility index (Phi) is 5.10. The molecule has 3 heteroatoms. The molecule has 0 saturated carbocycles. The fourth-order valence-electron chi connectivity index (χ4n) is 4.12. The zero-order chi connectivity index (χ0) is 16.1. The summed E-state index contributed by atoms with van der Waals surface area (Å²) in [6.07, 6.45) is 0. The van der Waals surface area contributed by atoms with E-state index in [0.717, 1.165) is 0 Å². The Balaban J connectivity index is 3.46. The monoisotopic (exact) mass is 328 g/mol. The summed E-state index contributed by atoms with van der Waals surface area (Å²) in [5, 5.41) is 5.34. The van der Waals surface area contributed by atoms with Gasteiger partial charge < -0.3 is 0 Å². The summed E-state index contributed by atoms with van der Waals surface area (Å²) in [5.41, 5.74) is 5.00. The van der Waals surface area contributed by atoms with Gasteiger partial charge in [0.2, 0.25) is 0 Å². The summed E-state index contributed by atoms with van der Waals surface area (Å²) in [7, 11) is -1.63. The molecule has 0 aromatic rings. The predicted molar refractivity (Wildman–Crippen MR) is 91.5 cm³/mol. The molecule has 0 bridgehead atoms. The quantitative estimate of drug-likeness (QED) is 0.657. The van der Waals surface area contributed by atoms with Crippen LogP contribution in [0.3, 0.4) is 0 Å². The molecular weight excluding hydrogens is 294 g/mol. The first-order chi connectivity index (χ1) is 8.75. The normalized spacial score (nSPS) is 24.8. The molecule has 1 aliphatic rings. The van der Waals surface area contributed by atoms with Crippen LogP contribution >= 0.6 is 0 Å². The third-order valence-corrected chi connectivity index (χ3v) is 13.0. The summed E-state index contributed by atoms with van der Waals surface area (Å²) in [5.74, 6) is 0. The van der Waals surface area contributed by atoms with E-state index in [0.29, 0.717) is 5.04 Å². The van der Waals surface area contributed by atoms with Crippen molar-refractivity contribution in [3.63, 3.8) is 0 Å². The number of rotatable bonds is 3. The summed E-state index contributed by atoms with van der Waals surface area (Å²) in [4.78, 5) is 4.03. The molecule has 0 aliphatic heterocycles. The zero-order valence-corrected chi connectivity index (χ0v) is 18.1. The van der Waals surface area contributed by atoms with Crippen LogP contribution in [0.1, 0.15) is 48.5 Å². The second kappa shape index (κ2) is 5.53. The molecule has 1 unspecified atom stereocenters. The van der Waals surface area contributed by atoms with E-state index in [1.165, 1.54) is 0 Å². The average molecular weight is 328 g/mol. The van der Waals surface area contributed by atoms with E-state index in [1.54, 1.807) is 16.7 Å². The van der Waals surface area contributed by atoms with Crippen LogP contribution in [0.5, 0.6) is 0 Å². The minimum atomic E-state index is -1.63. The first-order valence-corrected chi connectivity index (χ1v) is 14.7. The Hall–Kier alpha value is 0.371. The molecule has 0 fully saturated rings. The fourth-order valence-corrected chi connectivity index (χ4v) is 14.0. The number of allylic oxidation sites excluding steroid dienone is 4. The van der Waals surface area contributed by atoms with E-state index in [2.05, 4.69) is 77.0 Å². The summed E-state index contributed by atoms with van der Waals surface area (Å²) in [6.45, 7) is 21.6. The number of hydrogen-bond acceptors (Lipinski definition) is 1. The molecular formula is C17H34NSiTi. The SMILES string of the molecule is CC1=C(C)C(C)([Si](C)(C)NC(C)(C)C)[C]([Ti]([CH3])[CH3])=C1C. The van der Waals surface area contributed by atoms with Crippen LogP contribution in [0.15, 0.2) is 20.6 Å². The zero-order valence-electron chi connectivity index (χ0n) is 15.5. The molecule has 115 valence electrons. The van der Waals surface area contributed by atoms with E-state index in [4.69, 9.17) is 0 Å². The van der Waals surface area contributed by atoms with Crippen molar-refractivity contribution in [1.29, 1.82) is 0 Å². The topological polar surface area (TPSA) is 12.0 Å². The van der Waals surface area contributed by atoms with Gasteiger partial charge in [-0.15, -0.1) is 0 Å². The molecule has 0 amide bonds. The van der Waals surface area contributed by atoms with Gasteiger partial charge in [-0.1, -0.05) is 0 Å². The third-order valence-electron chi connectivity index (χ3n) is 5.19. The molecule has 0 heterocycles. The Morgan fingerprint density at radius 3 is 1.80 bits per heavy atom. The van der Waals surface area contributed by atoms with Crippen LogP contribution in [0.25, 0.3) is 0 Å². The fraction of sp³-hybridized carbons (Fsp3) is 0.765. The van der Waals surface area contributed by atoms with Gasteiger partial charge in [0.15, 0.2) is 0 Å². The summed E-state index contributed by atoms with van der Waals surface area (Å²) < 4.78 is 1.83. The molecule has 0 aromatic heterocycles. The van der Waals surface area contributed by atoms with Gasteiger partial charge in [-0.3, -0.25) is 0 Å². The van der Waals surface area contributed by atoms with Crippen molar-refractivity contribution in [3.05, 3.63) is 20.6 Å². The molecule has 1 N–H and O–H groups in total. The standard InChI is InChI=1S/C15H28NSi.2CH3.Ti/c1-11-10-15(7,13(3)12(11)2)17(8,9)16-14(4,5)6;;;/h16H,1-9H3;2*1H3;. The Labute approximate surface area is 134 Å². The molecule has 0 saturated heterocycles. The average Bonchev–Trinajstić information content (AvgIpc) is 2.38. The van der Waals surface area contributed by atoms with Crippen LogP contribution in [-0.2, 0) is 17.9 Å². The van der Waals surface area contributed by atoms with E-state index in [1.807, 2.05) is 3.88 Å². The van der Waals surface area contributed by atoms with Crippen molar-refractivity contribution in [2.45, 2.75) is 82.6 Å². The van der Waals surface area contributed by atoms with Gasteiger partial charge in [0, 0.05) is 0 Å². The minimum absolute atomic E-state index is 0.191. The van der Waals surface area contributed by atoms with Gasteiger partial charge >= 0.3 is 134 Å². The molecule has 20 heavy (non-hydrogen) atoms. The van der Waals surface area contributed by atoms with Gasteiger partial charge in [-0.25, -0.2) is 0 Å². The van der Waals surface area contributed by atoms with E-state index < -0.39 is 26.1 Å². The van der Waals surface area contributed by atoms with Crippen molar-refractivity contribution >= 4 is 8.24 Å². The van der Waals surface area contributed by atoms with Crippen LogP contribution in [0.2, 0.25) is 28.6 Å². The predicted octanol–water partition coefficient (Wildman–Crippen LogP) is 5.68. The third kappa shape index (κ3) is 2.95. The van der Waals surface area contributed by atoms with E-state index >= 15 is 0 Å². The van der Waals surface area contributed by atoms with Gasteiger partial charge in [0.05, 0.1) is 0 Å². The number of nitrogens with one attached hydrogen (secondary N) is 1. The molecule has 0 radical (unpaired) electrons. The Bertz CT molecular complexity index is 466. The van der Waals surface area contributed by atoms with Crippen molar-refractivity contribution < 1.29 is 17.9 Å². The van der Waals surface area contributed by atoms with Gasteiger partial charge in [0.1, 0.15) is 0 Å². The van der Waals surface area contributed by atoms with Crippen LogP contribution in [0.4, 0.5) is 0 Å². The van der Waals surface area contributed by atoms with Gasteiger partial charge in [0.25, 0.3) is 0 Å². The van der Waals surface area contributed by atoms with Gasteiger partial charge in [-0.2, -0.15) is 0 Å². The summed E-state index contributed by atoms with van der Waals surface area (Å²) >= 11 is -1.10. The maximum absolute atomic E-state index is 4.03. The second-order valence-electron chi connectivity index (χ2n) is 8.38. The van der Waals surface area contributed by atoms with Crippen molar-refractivity contribution in [2.75, 3.05) is 0 Å². The van der Waals surface area contributed by atoms with E-state index in [9.17, 15) is 0 Å². The Morgan fingerprint density at radius 1 is 1.00 bits per heavy atom. The summed E-state index contributed by atoms with van der Waals surface area (Å²) in [6, 6.07) is 0. The molecule has 1 nitrogen and oxygen atoms in total.